The van der Waals surface area contributed by atoms with Crippen LogP contribution in [0.4, 0.5) is 11.5 Å². The second-order valence-electron chi connectivity index (χ2n) is 9.14. The summed E-state index contributed by atoms with van der Waals surface area (Å²) in [6.45, 7) is 8.49. The molecule has 0 saturated carbocycles. The number of carbonyl (C=O) groups excluding carboxylic acids is 1. The van der Waals surface area contributed by atoms with E-state index < -0.39 is 11.2 Å². The fourth-order valence-corrected chi connectivity index (χ4v) is 3.78. The number of amides is 1. The highest BCUT2D eigenvalue weighted by Gasteiger charge is 2.25. The van der Waals surface area contributed by atoms with Gasteiger partial charge in [0, 0.05) is 13.1 Å². The molecule has 3 N–H and O–H groups in total. The number of nitrogen functional groups attached to an aromatic ring is 1. The summed E-state index contributed by atoms with van der Waals surface area (Å²) in [5.41, 5.74) is 8.09. The first-order valence-corrected chi connectivity index (χ1v) is 11.2. The summed E-state index contributed by atoms with van der Waals surface area (Å²) in [7, 11) is 0. The van der Waals surface area contributed by atoms with Crippen LogP contribution in [0, 0.1) is 11.8 Å². The molecule has 1 heterocycles. The van der Waals surface area contributed by atoms with Crippen LogP contribution in [0.3, 0.4) is 0 Å². The SMILES string of the molecule is CC(C)CN(C(=O)Cc1ccc(-c2ccccc2)cc1)c1c(N)n(CC(C)C)c(=O)[nH]c1=O. The number of aromatic amines is 1. The van der Waals surface area contributed by atoms with E-state index >= 15 is 0 Å². The topological polar surface area (TPSA) is 101 Å². The van der Waals surface area contributed by atoms with Gasteiger partial charge in [-0.25, -0.2) is 4.79 Å². The number of benzene rings is 2. The molecular weight excluding hydrogens is 416 g/mol. The minimum atomic E-state index is -0.647. The van der Waals surface area contributed by atoms with Crippen LogP contribution in [-0.4, -0.2) is 22.0 Å². The zero-order valence-corrected chi connectivity index (χ0v) is 19.7. The third-order valence-corrected chi connectivity index (χ3v) is 5.30. The number of hydrogen-bond donors (Lipinski definition) is 2. The molecule has 33 heavy (non-hydrogen) atoms. The van der Waals surface area contributed by atoms with E-state index in [-0.39, 0.29) is 35.7 Å². The molecule has 0 radical (unpaired) electrons. The second-order valence-corrected chi connectivity index (χ2v) is 9.14. The molecule has 0 atom stereocenters. The first kappa shape index (κ1) is 24.0. The Bertz CT molecular complexity index is 1210. The summed E-state index contributed by atoms with van der Waals surface area (Å²) in [5.74, 6) is 0.00815. The molecular formula is C26H32N4O3. The molecule has 7 heteroatoms. The number of nitrogens with zero attached hydrogens (tertiary/aromatic N) is 2. The Labute approximate surface area is 193 Å². The fraction of sp³-hybridized carbons (Fsp3) is 0.346. The number of rotatable bonds is 8. The van der Waals surface area contributed by atoms with E-state index in [4.69, 9.17) is 5.73 Å². The number of nitrogens with one attached hydrogen (secondary N) is 1. The largest absolute Gasteiger partial charge is 0.383 e. The van der Waals surface area contributed by atoms with Crippen LogP contribution in [0.5, 0.6) is 0 Å². The first-order chi connectivity index (χ1) is 15.7. The molecule has 2 aromatic carbocycles. The monoisotopic (exact) mass is 448 g/mol. The number of carbonyl (C=O) groups is 1. The third kappa shape index (κ3) is 5.80. The average molecular weight is 449 g/mol. The van der Waals surface area contributed by atoms with E-state index in [2.05, 4.69) is 4.98 Å². The molecule has 0 aliphatic rings. The van der Waals surface area contributed by atoms with Crippen molar-refractivity contribution < 1.29 is 4.79 Å². The summed E-state index contributed by atoms with van der Waals surface area (Å²) in [6, 6.07) is 17.8. The van der Waals surface area contributed by atoms with Crippen molar-refractivity contribution >= 4 is 17.4 Å². The highest BCUT2D eigenvalue weighted by molar-refractivity contribution is 5.96. The highest BCUT2D eigenvalue weighted by atomic mass is 16.2. The van der Waals surface area contributed by atoms with Crippen molar-refractivity contribution in [3.8, 4) is 11.1 Å². The van der Waals surface area contributed by atoms with E-state index in [0.29, 0.717) is 13.1 Å². The van der Waals surface area contributed by atoms with E-state index in [9.17, 15) is 14.4 Å². The molecule has 3 rings (SSSR count). The smallest absolute Gasteiger partial charge is 0.330 e. The fourth-order valence-electron chi connectivity index (χ4n) is 3.78. The van der Waals surface area contributed by atoms with Crippen molar-refractivity contribution in [2.75, 3.05) is 17.2 Å². The number of anilines is 2. The molecule has 1 amide bonds. The Hall–Kier alpha value is -3.61. The molecule has 3 aromatic rings. The van der Waals surface area contributed by atoms with E-state index in [1.54, 1.807) is 0 Å². The van der Waals surface area contributed by atoms with Gasteiger partial charge in [-0.05, 0) is 28.5 Å². The van der Waals surface area contributed by atoms with Gasteiger partial charge in [0.25, 0.3) is 5.56 Å². The van der Waals surface area contributed by atoms with E-state index in [1.165, 1.54) is 9.47 Å². The molecule has 0 fully saturated rings. The number of nitrogens with two attached hydrogens (primary N) is 1. The van der Waals surface area contributed by atoms with Gasteiger partial charge in [0.05, 0.1) is 6.42 Å². The van der Waals surface area contributed by atoms with Gasteiger partial charge in [-0.2, -0.15) is 0 Å². The molecule has 0 unspecified atom stereocenters. The lowest BCUT2D eigenvalue weighted by Crippen LogP contribution is -2.43. The minimum absolute atomic E-state index is 0.0193. The van der Waals surface area contributed by atoms with Gasteiger partial charge < -0.3 is 10.6 Å². The van der Waals surface area contributed by atoms with Gasteiger partial charge in [0.2, 0.25) is 5.91 Å². The normalized spacial score (nSPS) is 11.2. The highest BCUT2D eigenvalue weighted by Crippen LogP contribution is 2.22. The molecule has 174 valence electrons. The van der Waals surface area contributed by atoms with Gasteiger partial charge in [0.1, 0.15) is 5.82 Å². The summed E-state index contributed by atoms with van der Waals surface area (Å²) in [4.78, 5) is 42.2. The van der Waals surface area contributed by atoms with Crippen molar-refractivity contribution in [3.05, 3.63) is 81.0 Å². The standard InChI is InChI=1S/C26H32N4O3/c1-17(2)15-29(23-24(27)30(16-18(3)4)26(33)28-25(23)32)22(31)14-19-10-12-21(13-11-19)20-8-6-5-7-9-20/h5-13,17-18H,14-16,27H2,1-4H3,(H,28,32,33). The molecule has 0 spiro atoms. The summed E-state index contributed by atoms with van der Waals surface area (Å²) < 4.78 is 1.33. The van der Waals surface area contributed by atoms with Crippen molar-refractivity contribution in [3.63, 3.8) is 0 Å². The Morgan fingerprint density at radius 2 is 1.55 bits per heavy atom. The zero-order valence-electron chi connectivity index (χ0n) is 19.7. The van der Waals surface area contributed by atoms with Crippen LogP contribution in [-0.2, 0) is 17.8 Å². The van der Waals surface area contributed by atoms with Crippen molar-refractivity contribution in [1.29, 1.82) is 0 Å². The Kier molecular flexibility index (Phi) is 7.53. The van der Waals surface area contributed by atoms with Crippen LogP contribution in [0.2, 0.25) is 0 Å². The maximum absolute atomic E-state index is 13.4. The van der Waals surface area contributed by atoms with Crippen molar-refractivity contribution in [1.82, 2.24) is 9.55 Å². The van der Waals surface area contributed by atoms with Crippen LogP contribution in [0.25, 0.3) is 11.1 Å². The Balaban J connectivity index is 1.93. The lowest BCUT2D eigenvalue weighted by Gasteiger charge is -2.26. The summed E-state index contributed by atoms with van der Waals surface area (Å²) in [6.07, 6.45) is 0.115. The maximum atomic E-state index is 13.4. The lowest BCUT2D eigenvalue weighted by molar-refractivity contribution is -0.118. The summed E-state index contributed by atoms with van der Waals surface area (Å²) in [5, 5.41) is 0. The predicted molar refractivity (Wildman–Crippen MR) is 133 cm³/mol. The van der Waals surface area contributed by atoms with Crippen LogP contribution >= 0.6 is 0 Å². The Morgan fingerprint density at radius 1 is 0.939 bits per heavy atom. The predicted octanol–water partition coefficient (Wildman–Crippen LogP) is 3.67. The molecule has 7 nitrogen and oxygen atoms in total. The second kappa shape index (κ2) is 10.3. The first-order valence-electron chi connectivity index (χ1n) is 11.2. The number of H-pyrrole nitrogens is 1. The van der Waals surface area contributed by atoms with Crippen LogP contribution < -0.4 is 21.9 Å². The van der Waals surface area contributed by atoms with Crippen molar-refractivity contribution in [2.45, 2.75) is 40.7 Å². The average Bonchev–Trinajstić information content (AvgIpc) is 2.76. The van der Waals surface area contributed by atoms with E-state index in [0.717, 1.165) is 16.7 Å². The third-order valence-electron chi connectivity index (χ3n) is 5.30. The van der Waals surface area contributed by atoms with Gasteiger partial charge in [-0.1, -0.05) is 82.3 Å². The molecule has 0 saturated heterocycles. The summed E-state index contributed by atoms with van der Waals surface area (Å²) >= 11 is 0. The van der Waals surface area contributed by atoms with Crippen molar-refractivity contribution in [2.24, 2.45) is 11.8 Å². The molecule has 0 aliphatic carbocycles. The van der Waals surface area contributed by atoms with Gasteiger partial charge in [-0.3, -0.25) is 19.1 Å². The zero-order chi connectivity index (χ0) is 24.1. The van der Waals surface area contributed by atoms with Gasteiger partial charge in [0.15, 0.2) is 5.69 Å². The molecule has 1 aromatic heterocycles. The maximum Gasteiger partial charge on any atom is 0.330 e. The molecule has 0 bridgehead atoms. The lowest BCUT2D eigenvalue weighted by atomic mass is 10.0. The number of hydrogen-bond acceptors (Lipinski definition) is 4. The minimum Gasteiger partial charge on any atom is -0.383 e. The van der Waals surface area contributed by atoms with Crippen LogP contribution in [0.1, 0.15) is 33.3 Å². The number of aromatic nitrogens is 2. The van der Waals surface area contributed by atoms with E-state index in [1.807, 2.05) is 82.3 Å². The quantitative estimate of drug-likeness (QED) is 0.549. The Morgan fingerprint density at radius 3 is 2.12 bits per heavy atom. The molecule has 0 aliphatic heterocycles. The van der Waals surface area contributed by atoms with Gasteiger partial charge >= 0.3 is 5.69 Å². The van der Waals surface area contributed by atoms with Gasteiger partial charge in [-0.15, -0.1) is 0 Å². The van der Waals surface area contributed by atoms with Crippen LogP contribution in [0.15, 0.2) is 64.2 Å².